The molecule has 0 aliphatic carbocycles. The van der Waals surface area contributed by atoms with E-state index < -0.39 is 5.60 Å². The van der Waals surface area contributed by atoms with Gasteiger partial charge in [-0.25, -0.2) is 0 Å². The molecule has 0 aliphatic heterocycles. The second-order valence-corrected chi connectivity index (χ2v) is 4.40. The van der Waals surface area contributed by atoms with Gasteiger partial charge in [0.05, 0.1) is 5.60 Å². The second kappa shape index (κ2) is 5.58. The molecule has 0 rings (SSSR count). The lowest BCUT2D eigenvalue weighted by atomic mass is 9.88. The normalized spacial score (nSPS) is 14.8. The minimum Gasteiger partial charge on any atom is -0.390 e. The van der Waals surface area contributed by atoms with Crippen LogP contribution in [0.25, 0.3) is 0 Å². The summed E-state index contributed by atoms with van der Waals surface area (Å²) < 4.78 is 0. The van der Waals surface area contributed by atoms with Crippen LogP contribution in [0.2, 0.25) is 0 Å². The Labute approximate surface area is 77.2 Å². The Bertz CT molecular complexity index is 102. The minimum absolute atomic E-state index is 0.425. The molecule has 0 fully saturated rings. The van der Waals surface area contributed by atoms with E-state index in [1.807, 2.05) is 13.8 Å². The molecule has 1 unspecified atom stereocenters. The van der Waals surface area contributed by atoms with E-state index in [1.165, 1.54) is 25.7 Å². The molecule has 0 saturated carbocycles. The maximum absolute atomic E-state index is 9.64. The maximum atomic E-state index is 9.64. The average Bonchev–Trinajstić information content (AvgIpc) is 1.96. The van der Waals surface area contributed by atoms with Gasteiger partial charge >= 0.3 is 0 Å². The summed E-state index contributed by atoms with van der Waals surface area (Å²) in [5.41, 5.74) is -0.494. The van der Waals surface area contributed by atoms with Crippen LogP contribution in [0, 0.1) is 5.92 Å². The first-order valence-corrected chi connectivity index (χ1v) is 5.20. The molecule has 12 heavy (non-hydrogen) atoms. The van der Waals surface area contributed by atoms with Gasteiger partial charge in [0.1, 0.15) is 0 Å². The summed E-state index contributed by atoms with van der Waals surface area (Å²) in [6.07, 6.45) is 6.36. The fourth-order valence-electron chi connectivity index (χ4n) is 1.23. The molecule has 0 heterocycles. The van der Waals surface area contributed by atoms with E-state index in [9.17, 15) is 5.11 Å². The van der Waals surface area contributed by atoms with Crippen LogP contribution in [-0.4, -0.2) is 10.7 Å². The average molecular weight is 172 g/mol. The summed E-state index contributed by atoms with van der Waals surface area (Å²) in [7, 11) is 0. The molecule has 0 aromatic rings. The molecule has 0 spiro atoms. The first-order chi connectivity index (χ1) is 5.48. The molecule has 1 atom stereocenters. The van der Waals surface area contributed by atoms with Gasteiger partial charge in [-0.1, -0.05) is 39.5 Å². The Kier molecular flexibility index (Phi) is 5.56. The summed E-state index contributed by atoms with van der Waals surface area (Å²) in [5.74, 6) is 0.425. The highest BCUT2D eigenvalue weighted by Gasteiger charge is 2.21. The van der Waals surface area contributed by atoms with Crippen LogP contribution in [0.5, 0.6) is 0 Å². The molecule has 0 aromatic carbocycles. The van der Waals surface area contributed by atoms with Crippen LogP contribution < -0.4 is 0 Å². The van der Waals surface area contributed by atoms with Gasteiger partial charge in [-0.2, -0.15) is 0 Å². The number of aliphatic hydroxyl groups is 1. The van der Waals surface area contributed by atoms with Crippen LogP contribution in [0.1, 0.15) is 59.8 Å². The molecule has 0 radical (unpaired) electrons. The highest BCUT2D eigenvalue weighted by atomic mass is 16.3. The molecular formula is C11H24O. The van der Waals surface area contributed by atoms with Crippen molar-refractivity contribution < 1.29 is 5.11 Å². The SMILES string of the molecule is CCCCCCC(C)C(C)(C)O. The van der Waals surface area contributed by atoms with Gasteiger partial charge in [-0.15, -0.1) is 0 Å². The smallest absolute Gasteiger partial charge is 0.0617 e. The first-order valence-electron chi connectivity index (χ1n) is 5.20. The van der Waals surface area contributed by atoms with Crippen molar-refractivity contribution in [2.24, 2.45) is 5.92 Å². The topological polar surface area (TPSA) is 20.2 Å². The fraction of sp³-hybridized carbons (Fsp3) is 1.00. The molecule has 1 N–H and O–H groups in total. The van der Waals surface area contributed by atoms with E-state index in [0.29, 0.717) is 5.92 Å². The lowest BCUT2D eigenvalue weighted by Gasteiger charge is -2.25. The van der Waals surface area contributed by atoms with Crippen LogP contribution in [0.3, 0.4) is 0 Å². The van der Waals surface area contributed by atoms with Crippen molar-refractivity contribution >= 4 is 0 Å². The van der Waals surface area contributed by atoms with Gasteiger partial charge in [-0.3, -0.25) is 0 Å². The monoisotopic (exact) mass is 172 g/mol. The number of unbranched alkanes of at least 4 members (excludes halogenated alkanes) is 3. The molecule has 74 valence electrons. The Morgan fingerprint density at radius 3 is 2.17 bits per heavy atom. The molecule has 0 saturated heterocycles. The van der Waals surface area contributed by atoms with Gasteiger partial charge in [0, 0.05) is 0 Å². The second-order valence-electron chi connectivity index (χ2n) is 4.40. The van der Waals surface area contributed by atoms with E-state index in [2.05, 4.69) is 13.8 Å². The predicted molar refractivity (Wildman–Crippen MR) is 54.2 cm³/mol. The zero-order valence-corrected chi connectivity index (χ0v) is 9.06. The fourth-order valence-corrected chi connectivity index (χ4v) is 1.23. The lowest BCUT2D eigenvalue weighted by Crippen LogP contribution is -2.28. The predicted octanol–water partition coefficient (Wildman–Crippen LogP) is 3.36. The third-order valence-corrected chi connectivity index (χ3v) is 2.70. The third-order valence-electron chi connectivity index (χ3n) is 2.70. The van der Waals surface area contributed by atoms with Crippen LogP contribution >= 0.6 is 0 Å². The van der Waals surface area contributed by atoms with Gasteiger partial charge in [-0.05, 0) is 26.2 Å². The van der Waals surface area contributed by atoms with Crippen molar-refractivity contribution in [3.63, 3.8) is 0 Å². The molecular weight excluding hydrogens is 148 g/mol. The molecule has 0 bridgehead atoms. The highest BCUT2D eigenvalue weighted by molar-refractivity contribution is 4.72. The summed E-state index contributed by atoms with van der Waals surface area (Å²) in [6, 6.07) is 0. The molecule has 0 amide bonds. The Morgan fingerprint density at radius 1 is 1.17 bits per heavy atom. The van der Waals surface area contributed by atoms with Crippen molar-refractivity contribution in [2.45, 2.75) is 65.4 Å². The number of rotatable bonds is 6. The van der Waals surface area contributed by atoms with E-state index in [-0.39, 0.29) is 0 Å². The third kappa shape index (κ3) is 5.59. The Morgan fingerprint density at radius 2 is 1.75 bits per heavy atom. The largest absolute Gasteiger partial charge is 0.390 e. The van der Waals surface area contributed by atoms with Crippen molar-refractivity contribution in [3.05, 3.63) is 0 Å². The van der Waals surface area contributed by atoms with Crippen LogP contribution in [0.15, 0.2) is 0 Å². The molecule has 1 heteroatoms. The van der Waals surface area contributed by atoms with Crippen molar-refractivity contribution in [2.75, 3.05) is 0 Å². The summed E-state index contributed by atoms with van der Waals surface area (Å²) in [4.78, 5) is 0. The summed E-state index contributed by atoms with van der Waals surface area (Å²) >= 11 is 0. The van der Waals surface area contributed by atoms with Crippen molar-refractivity contribution in [1.29, 1.82) is 0 Å². The molecule has 0 aliphatic rings. The van der Waals surface area contributed by atoms with Crippen LogP contribution in [-0.2, 0) is 0 Å². The van der Waals surface area contributed by atoms with Crippen molar-refractivity contribution in [3.8, 4) is 0 Å². The van der Waals surface area contributed by atoms with Gasteiger partial charge in [0.2, 0.25) is 0 Å². The summed E-state index contributed by atoms with van der Waals surface area (Å²) in [6.45, 7) is 8.15. The zero-order valence-electron chi connectivity index (χ0n) is 9.06. The van der Waals surface area contributed by atoms with E-state index in [4.69, 9.17) is 0 Å². The van der Waals surface area contributed by atoms with E-state index >= 15 is 0 Å². The van der Waals surface area contributed by atoms with Gasteiger partial charge in [0.25, 0.3) is 0 Å². The van der Waals surface area contributed by atoms with Gasteiger partial charge in [0.15, 0.2) is 0 Å². The summed E-state index contributed by atoms with van der Waals surface area (Å²) in [5, 5.41) is 9.64. The van der Waals surface area contributed by atoms with E-state index in [0.717, 1.165) is 6.42 Å². The number of hydrogen-bond acceptors (Lipinski definition) is 1. The standard InChI is InChI=1S/C11H24O/c1-5-6-7-8-9-10(2)11(3,4)12/h10,12H,5-9H2,1-4H3. The first kappa shape index (κ1) is 12.0. The molecule has 1 nitrogen and oxygen atoms in total. The highest BCUT2D eigenvalue weighted by Crippen LogP contribution is 2.21. The zero-order chi connectivity index (χ0) is 9.61. The van der Waals surface area contributed by atoms with Crippen molar-refractivity contribution in [1.82, 2.24) is 0 Å². The van der Waals surface area contributed by atoms with Gasteiger partial charge < -0.3 is 5.11 Å². The quantitative estimate of drug-likeness (QED) is 0.609. The Hall–Kier alpha value is -0.0400. The minimum atomic E-state index is -0.494. The van der Waals surface area contributed by atoms with Crippen LogP contribution in [0.4, 0.5) is 0 Å². The van der Waals surface area contributed by atoms with E-state index in [1.54, 1.807) is 0 Å². The lowest BCUT2D eigenvalue weighted by molar-refractivity contribution is 0.0203. The Balaban J connectivity index is 3.38. The maximum Gasteiger partial charge on any atom is 0.0617 e. The number of hydrogen-bond donors (Lipinski definition) is 1. The molecule has 0 aromatic heterocycles.